The molecule has 0 spiro atoms. The van der Waals surface area contributed by atoms with Gasteiger partial charge in [0.25, 0.3) is 0 Å². The molecule has 78 valence electrons. The van der Waals surface area contributed by atoms with E-state index in [1.807, 2.05) is 0 Å². The SMILES string of the molecule is COCc1ccc(-c2ncon2)c(F)c1. The van der Waals surface area contributed by atoms with Crippen LogP contribution in [0.5, 0.6) is 0 Å². The molecule has 2 rings (SSSR count). The maximum atomic E-state index is 13.6. The van der Waals surface area contributed by atoms with E-state index < -0.39 is 0 Å². The van der Waals surface area contributed by atoms with Crippen molar-refractivity contribution in [2.45, 2.75) is 6.61 Å². The Bertz CT molecular complexity index is 443. The van der Waals surface area contributed by atoms with Gasteiger partial charge in [-0.15, -0.1) is 0 Å². The fraction of sp³-hybridized carbons (Fsp3) is 0.200. The highest BCUT2D eigenvalue weighted by Crippen LogP contribution is 2.20. The normalized spacial score (nSPS) is 10.5. The Kier molecular flexibility index (Phi) is 2.73. The molecule has 2 aromatic rings. The van der Waals surface area contributed by atoms with E-state index in [2.05, 4.69) is 14.7 Å². The van der Waals surface area contributed by atoms with Gasteiger partial charge >= 0.3 is 0 Å². The lowest BCUT2D eigenvalue weighted by molar-refractivity contribution is 0.184. The maximum absolute atomic E-state index is 13.6. The molecule has 0 radical (unpaired) electrons. The molecule has 0 saturated heterocycles. The van der Waals surface area contributed by atoms with Crippen LogP contribution in [-0.4, -0.2) is 17.3 Å². The number of hydrogen-bond acceptors (Lipinski definition) is 4. The Labute approximate surface area is 85.7 Å². The summed E-state index contributed by atoms with van der Waals surface area (Å²) in [6, 6.07) is 4.77. The number of benzene rings is 1. The van der Waals surface area contributed by atoms with Crippen molar-refractivity contribution >= 4 is 0 Å². The van der Waals surface area contributed by atoms with Gasteiger partial charge in [-0.3, -0.25) is 0 Å². The van der Waals surface area contributed by atoms with Crippen LogP contribution in [0.2, 0.25) is 0 Å². The lowest BCUT2D eigenvalue weighted by Crippen LogP contribution is -1.92. The molecule has 0 N–H and O–H groups in total. The number of nitrogens with zero attached hydrogens (tertiary/aromatic N) is 2. The quantitative estimate of drug-likeness (QED) is 0.774. The highest BCUT2D eigenvalue weighted by molar-refractivity contribution is 5.55. The number of hydrogen-bond donors (Lipinski definition) is 0. The molecule has 0 saturated carbocycles. The first kappa shape index (κ1) is 9.79. The molecule has 0 atom stereocenters. The van der Waals surface area contributed by atoms with Crippen molar-refractivity contribution in [1.82, 2.24) is 10.1 Å². The Balaban J connectivity index is 2.35. The topological polar surface area (TPSA) is 48.2 Å². The zero-order valence-electron chi connectivity index (χ0n) is 8.11. The lowest BCUT2D eigenvalue weighted by Gasteiger charge is -2.02. The maximum Gasteiger partial charge on any atom is 0.214 e. The molecule has 1 aromatic carbocycles. The van der Waals surface area contributed by atoms with Crippen molar-refractivity contribution in [3.05, 3.63) is 36.0 Å². The lowest BCUT2D eigenvalue weighted by atomic mass is 10.1. The van der Waals surface area contributed by atoms with Gasteiger partial charge in [-0.1, -0.05) is 11.2 Å². The Morgan fingerprint density at radius 3 is 2.93 bits per heavy atom. The number of aromatic nitrogens is 2. The number of rotatable bonds is 3. The third kappa shape index (κ3) is 2.02. The van der Waals surface area contributed by atoms with Crippen LogP contribution in [0.1, 0.15) is 5.56 Å². The minimum absolute atomic E-state index is 0.247. The predicted molar refractivity (Wildman–Crippen MR) is 50.4 cm³/mol. The summed E-state index contributed by atoms with van der Waals surface area (Å²) in [4.78, 5) is 3.77. The molecule has 0 unspecified atom stereocenters. The van der Waals surface area contributed by atoms with Gasteiger partial charge in [-0.05, 0) is 17.7 Å². The molecule has 4 nitrogen and oxygen atoms in total. The van der Waals surface area contributed by atoms with E-state index in [1.165, 1.54) is 6.07 Å². The van der Waals surface area contributed by atoms with Crippen molar-refractivity contribution in [3.63, 3.8) is 0 Å². The van der Waals surface area contributed by atoms with Crippen molar-refractivity contribution in [1.29, 1.82) is 0 Å². The fourth-order valence-electron chi connectivity index (χ4n) is 1.29. The third-order valence-electron chi connectivity index (χ3n) is 1.95. The van der Waals surface area contributed by atoms with Gasteiger partial charge in [0, 0.05) is 7.11 Å². The first-order chi connectivity index (χ1) is 7.31. The molecule has 5 heteroatoms. The van der Waals surface area contributed by atoms with Crippen molar-refractivity contribution < 1.29 is 13.7 Å². The van der Waals surface area contributed by atoms with Crippen LogP contribution in [0.25, 0.3) is 11.4 Å². The van der Waals surface area contributed by atoms with E-state index in [-0.39, 0.29) is 11.6 Å². The molecule has 1 aromatic heterocycles. The minimum Gasteiger partial charge on any atom is -0.380 e. The van der Waals surface area contributed by atoms with E-state index in [0.717, 1.165) is 12.0 Å². The smallest absolute Gasteiger partial charge is 0.214 e. The van der Waals surface area contributed by atoms with Gasteiger partial charge in [0.15, 0.2) is 0 Å². The van der Waals surface area contributed by atoms with Gasteiger partial charge in [0.05, 0.1) is 12.2 Å². The predicted octanol–water partition coefficient (Wildman–Crippen LogP) is 2.02. The molecular formula is C10H9FN2O2. The highest BCUT2D eigenvalue weighted by Gasteiger charge is 2.09. The van der Waals surface area contributed by atoms with E-state index in [0.29, 0.717) is 12.2 Å². The van der Waals surface area contributed by atoms with Crippen LogP contribution in [0.4, 0.5) is 4.39 Å². The molecule has 0 fully saturated rings. The van der Waals surface area contributed by atoms with Crippen LogP contribution >= 0.6 is 0 Å². The van der Waals surface area contributed by atoms with E-state index in [1.54, 1.807) is 19.2 Å². The zero-order chi connectivity index (χ0) is 10.7. The second kappa shape index (κ2) is 4.18. The zero-order valence-corrected chi connectivity index (χ0v) is 8.11. The van der Waals surface area contributed by atoms with Crippen molar-refractivity contribution in [3.8, 4) is 11.4 Å². The van der Waals surface area contributed by atoms with Crippen LogP contribution in [0.3, 0.4) is 0 Å². The Morgan fingerprint density at radius 1 is 1.47 bits per heavy atom. The summed E-state index contributed by atoms with van der Waals surface area (Å²) in [7, 11) is 1.56. The minimum atomic E-state index is -0.383. The fourth-order valence-corrected chi connectivity index (χ4v) is 1.29. The van der Waals surface area contributed by atoms with Crippen LogP contribution < -0.4 is 0 Å². The van der Waals surface area contributed by atoms with Crippen molar-refractivity contribution in [2.75, 3.05) is 7.11 Å². The number of ether oxygens (including phenoxy) is 1. The average molecular weight is 208 g/mol. The molecule has 0 bridgehead atoms. The van der Waals surface area contributed by atoms with Gasteiger partial charge in [0.1, 0.15) is 5.82 Å². The molecule has 0 aliphatic rings. The summed E-state index contributed by atoms with van der Waals surface area (Å²) in [5.41, 5.74) is 1.09. The first-order valence-corrected chi connectivity index (χ1v) is 4.35. The summed E-state index contributed by atoms with van der Waals surface area (Å²) in [6.45, 7) is 0.378. The van der Waals surface area contributed by atoms with Crippen LogP contribution in [0.15, 0.2) is 29.1 Å². The molecule has 0 amide bonds. The molecule has 0 aliphatic heterocycles. The van der Waals surface area contributed by atoms with Gasteiger partial charge < -0.3 is 9.26 Å². The Morgan fingerprint density at radius 2 is 2.33 bits per heavy atom. The highest BCUT2D eigenvalue weighted by atomic mass is 19.1. The summed E-state index contributed by atoms with van der Waals surface area (Å²) in [6.07, 6.45) is 1.16. The Hall–Kier alpha value is -1.75. The second-order valence-corrected chi connectivity index (χ2v) is 3.00. The standard InChI is InChI=1S/C10H9FN2O2/c1-14-5-7-2-3-8(9(11)4-7)10-12-6-15-13-10/h2-4,6H,5H2,1H3. The van der Waals surface area contributed by atoms with Gasteiger partial charge in [-0.2, -0.15) is 4.98 Å². The summed E-state index contributed by atoms with van der Waals surface area (Å²) in [5, 5.41) is 3.57. The first-order valence-electron chi connectivity index (χ1n) is 4.35. The monoisotopic (exact) mass is 208 g/mol. The molecule has 15 heavy (non-hydrogen) atoms. The van der Waals surface area contributed by atoms with E-state index in [4.69, 9.17) is 4.74 Å². The molecule has 1 heterocycles. The number of halogens is 1. The molecule has 0 aliphatic carbocycles. The average Bonchev–Trinajstić information content (AvgIpc) is 2.71. The summed E-state index contributed by atoms with van der Waals surface area (Å²) < 4.78 is 23.0. The third-order valence-corrected chi connectivity index (χ3v) is 1.95. The van der Waals surface area contributed by atoms with Gasteiger partial charge in [-0.25, -0.2) is 4.39 Å². The van der Waals surface area contributed by atoms with E-state index >= 15 is 0 Å². The number of methoxy groups -OCH3 is 1. The molecular weight excluding hydrogens is 199 g/mol. The van der Waals surface area contributed by atoms with Crippen LogP contribution in [0, 0.1) is 5.82 Å². The van der Waals surface area contributed by atoms with Crippen LogP contribution in [-0.2, 0) is 11.3 Å². The second-order valence-electron chi connectivity index (χ2n) is 3.00. The van der Waals surface area contributed by atoms with E-state index in [9.17, 15) is 4.39 Å². The summed E-state index contributed by atoms with van der Waals surface area (Å²) in [5.74, 6) is -0.137. The van der Waals surface area contributed by atoms with Gasteiger partial charge in [0.2, 0.25) is 12.2 Å². The summed E-state index contributed by atoms with van der Waals surface area (Å²) >= 11 is 0. The van der Waals surface area contributed by atoms with Crippen molar-refractivity contribution in [2.24, 2.45) is 0 Å². The largest absolute Gasteiger partial charge is 0.380 e.